The predicted octanol–water partition coefficient (Wildman–Crippen LogP) is 0.174. The van der Waals surface area contributed by atoms with E-state index < -0.39 is 0 Å². The van der Waals surface area contributed by atoms with E-state index in [1.807, 2.05) is 0 Å². The fourth-order valence-electron chi connectivity index (χ4n) is 0.249. The molecule has 46 valence electrons. The van der Waals surface area contributed by atoms with E-state index >= 15 is 0 Å². The van der Waals surface area contributed by atoms with E-state index in [4.69, 9.17) is 0 Å². The van der Waals surface area contributed by atoms with Gasteiger partial charge in [0, 0.05) is 30.4 Å². The normalized spacial score (nSPS) is 7.25. The van der Waals surface area contributed by atoms with Gasteiger partial charge in [0.1, 0.15) is 0 Å². The Morgan fingerprint density at radius 3 is 1.75 bits per heavy atom. The zero-order chi connectivity index (χ0) is 5.86. The Hall–Kier alpha value is -0.141. The van der Waals surface area contributed by atoms with Crippen LogP contribution in [0.5, 0.6) is 0 Å². The Bertz CT molecular complexity index is 98.6. The molecule has 2 nitrogen and oxygen atoms in total. The van der Waals surface area contributed by atoms with E-state index in [1.165, 1.54) is 6.92 Å². The van der Waals surface area contributed by atoms with Crippen LogP contribution < -0.4 is 0 Å². The van der Waals surface area contributed by atoms with Crippen molar-refractivity contribution in [3.05, 3.63) is 0 Å². The van der Waals surface area contributed by atoms with Crippen molar-refractivity contribution >= 4 is 28.6 Å². The van der Waals surface area contributed by atoms with Gasteiger partial charge in [-0.3, -0.25) is 9.59 Å². The summed E-state index contributed by atoms with van der Waals surface area (Å²) in [6, 6.07) is 0. The van der Waals surface area contributed by atoms with Crippen LogP contribution in [-0.4, -0.2) is 28.6 Å². The first-order valence-electron chi connectivity index (χ1n) is 2.22. The molecule has 0 atom stereocenters. The smallest absolute Gasteiger partial charge is 0.197 e. The number of rotatable bonds is 2. The SMILES string of the molecule is CCC(=O)C(C)=O.[Se]. The Balaban J connectivity index is 0. The minimum absolute atomic E-state index is 0. The Morgan fingerprint density at radius 2 is 1.75 bits per heavy atom. The van der Waals surface area contributed by atoms with E-state index in [-0.39, 0.29) is 28.6 Å². The molecule has 0 spiro atoms. The maximum Gasteiger partial charge on any atom is 0.197 e. The van der Waals surface area contributed by atoms with Gasteiger partial charge in [-0.1, -0.05) is 6.92 Å². The van der Waals surface area contributed by atoms with Crippen LogP contribution in [0.15, 0.2) is 0 Å². The molecule has 0 heterocycles. The van der Waals surface area contributed by atoms with Crippen LogP contribution in [0.4, 0.5) is 0 Å². The van der Waals surface area contributed by atoms with E-state index in [0.29, 0.717) is 6.42 Å². The van der Waals surface area contributed by atoms with Gasteiger partial charge >= 0.3 is 0 Å². The molecule has 0 unspecified atom stereocenters. The number of hydrogen-bond acceptors (Lipinski definition) is 2. The van der Waals surface area contributed by atoms with Crippen LogP contribution in [0, 0.1) is 0 Å². The minimum Gasteiger partial charge on any atom is -0.291 e. The standard InChI is InChI=1S/C5H8O2.Se/c1-3-5(7)4(2)6;/h3H2,1-2H3;. The minimum atomic E-state index is -0.345. The quantitative estimate of drug-likeness (QED) is 0.447. The zero-order valence-electron chi connectivity index (χ0n) is 4.93. The first-order chi connectivity index (χ1) is 3.18. The van der Waals surface area contributed by atoms with Gasteiger partial charge in [-0.05, 0) is 0 Å². The molecule has 0 aliphatic rings. The molecule has 0 saturated heterocycles. The average Bonchev–Trinajstić information content (AvgIpc) is 1.65. The second kappa shape index (κ2) is 5.01. The van der Waals surface area contributed by atoms with Crippen molar-refractivity contribution in [2.75, 3.05) is 0 Å². The summed E-state index contributed by atoms with van der Waals surface area (Å²) in [5.41, 5.74) is 0. The van der Waals surface area contributed by atoms with E-state index in [2.05, 4.69) is 0 Å². The maximum atomic E-state index is 10.2. The summed E-state index contributed by atoms with van der Waals surface area (Å²) >= 11 is 0. The third kappa shape index (κ3) is 4.03. The predicted molar refractivity (Wildman–Crippen MR) is 31.7 cm³/mol. The van der Waals surface area contributed by atoms with Crippen LogP contribution in [0.2, 0.25) is 0 Å². The molecular formula is C5H8O2Se. The van der Waals surface area contributed by atoms with Crippen LogP contribution in [0.3, 0.4) is 0 Å². The second-order valence-corrected chi connectivity index (χ2v) is 1.33. The Morgan fingerprint density at radius 1 is 1.38 bits per heavy atom. The molecule has 2 radical (unpaired) electrons. The van der Waals surface area contributed by atoms with Gasteiger partial charge in [0.15, 0.2) is 11.6 Å². The largest absolute Gasteiger partial charge is 0.291 e. The van der Waals surface area contributed by atoms with Gasteiger partial charge in [0.05, 0.1) is 0 Å². The molecule has 0 aromatic rings. The molecule has 0 aliphatic heterocycles. The third-order valence-electron chi connectivity index (χ3n) is 0.714. The van der Waals surface area contributed by atoms with Crippen molar-refractivity contribution < 1.29 is 9.59 Å². The summed E-state index contributed by atoms with van der Waals surface area (Å²) in [6.45, 7) is 2.95. The molecule has 0 fully saturated rings. The molecule has 0 amide bonds. The first kappa shape index (κ1) is 10.8. The second-order valence-electron chi connectivity index (χ2n) is 1.33. The van der Waals surface area contributed by atoms with E-state index in [1.54, 1.807) is 6.92 Å². The number of carbonyl (C=O) groups excluding carboxylic acids is 2. The molecule has 0 N–H and O–H groups in total. The van der Waals surface area contributed by atoms with Gasteiger partial charge in [0.25, 0.3) is 0 Å². The summed E-state index contributed by atoms with van der Waals surface area (Å²) < 4.78 is 0. The zero-order valence-corrected chi connectivity index (χ0v) is 6.64. The number of Topliss-reactive ketones (excluding diaryl/α,β-unsaturated/α-hetero) is 2. The Kier molecular flexibility index (Phi) is 6.74. The van der Waals surface area contributed by atoms with Crippen LogP contribution in [0.25, 0.3) is 0 Å². The molecular weight excluding hydrogens is 171 g/mol. The number of ketones is 2. The maximum absolute atomic E-state index is 10.2. The van der Waals surface area contributed by atoms with Gasteiger partial charge < -0.3 is 0 Å². The van der Waals surface area contributed by atoms with E-state index in [9.17, 15) is 9.59 Å². The van der Waals surface area contributed by atoms with Crippen LogP contribution in [0.1, 0.15) is 20.3 Å². The summed E-state index contributed by atoms with van der Waals surface area (Å²) in [5.74, 6) is -0.637. The number of hydrogen-bond donors (Lipinski definition) is 0. The first-order valence-corrected chi connectivity index (χ1v) is 2.22. The third-order valence-corrected chi connectivity index (χ3v) is 0.714. The molecule has 0 aromatic carbocycles. The molecule has 0 aliphatic carbocycles. The van der Waals surface area contributed by atoms with Gasteiger partial charge in [0.2, 0.25) is 0 Å². The Labute approximate surface area is 59.1 Å². The van der Waals surface area contributed by atoms with Gasteiger partial charge in [-0.15, -0.1) is 0 Å². The molecule has 8 heavy (non-hydrogen) atoms. The summed E-state index contributed by atoms with van der Waals surface area (Å²) in [7, 11) is 0. The van der Waals surface area contributed by atoms with Crippen molar-refractivity contribution in [2.45, 2.75) is 20.3 Å². The summed E-state index contributed by atoms with van der Waals surface area (Å²) in [6.07, 6.45) is 0.329. The molecule has 0 saturated carbocycles. The topological polar surface area (TPSA) is 34.1 Å². The van der Waals surface area contributed by atoms with Crippen molar-refractivity contribution in [3.63, 3.8) is 0 Å². The monoisotopic (exact) mass is 180 g/mol. The van der Waals surface area contributed by atoms with Crippen molar-refractivity contribution in [3.8, 4) is 0 Å². The van der Waals surface area contributed by atoms with Crippen LogP contribution in [-0.2, 0) is 9.59 Å². The van der Waals surface area contributed by atoms with Crippen molar-refractivity contribution in [1.29, 1.82) is 0 Å². The average molecular weight is 179 g/mol. The number of carbonyl (C=O) groups is 2. The summed E-state index contributed by atoms with van der Waals surface area (Å²) in [4.78, 5) is 20.2. The fourth-order valence-corrected chi connectivity index (χ4v) is 0.249. The van der Waals surface area contributed by atoms with Gasteiger partial charge in [-0.25, -0.2) is 0 Å². The molecule has 3 heteroatoms. The van der Waals surface area contributed by atoms with E-state index in [0.717, 1.165) is 0 Å². The summed E-state index contributed by atoms with van der Waals surface area (Å²) in [5, 5.41) is 0. The fraction of sp³-hybridized carbons (Fsp3) is 0.600. The van der Waals surface area contributed by atoms with Crippen molar-refractivity contribution in [2.24, 2.45) is 0 Å². The molecule has 0 rings (SSSR count). The van der Waals surface area contributed by atoms with Crippen LogP contribution >= 0.6 is 0 Å². The molecule has 0 bridgehead atoms. The van der Waals surface area contributed by atoms with Crippen molar-refractivity contribution in [1.82, 2.24) is 0 Å². The van der Waals surface area contributed by atoms with Gasteiger partial charge in [-0.2, -0.15) is 0 Å². The molecule has 0 aromatic heterocycles.